The third kappa shape index (κ3) is 6.56. The Morgan fingerprint density at radius 1 is 1.04 bits per heavy atom. The molecule has 0 aromatic heterocycles. The summed E-state index contributed by atoms with van der Waals surface area (Å²) in [6, 6.07) is 9.42. The first-order chi connectivity index (χ1) is 11.6. The molecular weight excluding hydrogens is 387 g/mol. The first kappa shape index (κ1) is 24.0. The van der Waals surface area contributed by atoms with E-state index in [1.165, 1.54) is 70.1 Å². The largest absolute Gasteiger partial charge is 0.306 e. The molecule has 1 heterocycles. The van der Waals surface area contributed by atoms with Gasteiger partial charge in [-0.15, -0.1) is 24.8 Å². The number of hydrogen-bond acceptors (Lipinski definition) is 2. The van der Waals surface area contributed by atoms with Gasteiger partial charge >= 0.3 is 0 Å². The van der Waals surface area contributed by atoms with Crippen molar-refractivity contribution in [2.75, 3.05) is 33.7 Å². The number of piperidine rings is 1. The minimum absolute atomic E-state index is 0. The van der Waals surface area contributed by atoms with Gasteiger partial charge in [0, 0.05) is 17.6 Å². The summed E-state index contributed by atoms with van der Waals surface area (Å²) in [6.07, 6.45) is 9.64. The second-order valence-corrected chi connectivity index (χ2v) is 8.49. The summed E-state index contributed by atoms with van der Waals surface area (Å²) in [5.74, 6) is 1.49. The summed E-state index contributed by atoms with van der Waals surface area (Å²) in [4.78, 5) is 5.10. The molecule has 1 aliphatic carbocycles. The first-order valence-corrected chi connectivity index (χ1v) is 10.2. The van der Waals surface area contributed by atoms with E-state index in [0.717, 1.165) is 17.0 Å². The van der Waals surface area contributed by atoms with E-state index in [4.69, 9.17) is 11.6 Å². The lowest BCUT2D eigenvalue weighted by Crippen LogP contribution is -2.44. The van der Waals surface area contributed by atoms with Gasteiger partial charge in [-0.3, -0.25) is 0 Å². The van der Waals surface area contributed by atoms with Gasteiger partial charge in [-0.25, -0.2) is 0 Å². The second kappa shape index (κ2) is 11.8. The van der Waals surface area contributed by atoms with E-state index in [1.54, 1.807) is 0 Å². The molecule has 26 heavy (non-hydrogen) atoms. The summed E-state index contributed by atoms with van der Waals surface area (Å²) in [6.45, 7) is 3.70. The van der Waals surface area contributed by atoms with Gasteiger partial charge in [-0.2, -0.15) is 0 Å². The monoisotopic (exact) mass is 420 g/mol. The second-order valence-electron chi connectivity index (χ2n) is 8.05. The first-order valence-electron chi connectivity index (χ1n) is 9.77. The van der Waals surface area contributed by atoms with Crippen molar-refractivity contribution in [2.45, 2.75) is 56.9 Å². The highest BCUT2D eigenvalue weighted by molar-refractivity contribution is 6.30. The lowest BCUT2D eigenvalue weighted by Gasteiger charge is -2.39. The van der Waals surface area contributed by atoms with Gasteiger partial charge in [0.15, 0.2) is 0 Å². The van der Waals surface area contributed by atoms with E-state index >= 15 is 0 Å². The highest BCUT2D eigenvalue weighted by Gasteiger charge is 2.29. The highest BCUT2D eigenvalue weighted by atomic mass is 35.5. The molecule has 0 spiro atoms. The highest BCUT2D eigenvalue weighted by Crippen LogP contribution is 2.37. The molecule has 1 aromatic carbocycles. The van der Waals surface area contributed by atoms with E-state index in [1.807, 2.05) is 6.07 Å². The predicted octanol–water partition coefficient (Wildman–Crippen LogP) is 5.87. The van der Waals surface area contributed by atoms with E-state index in [-0.39, 0.29) is 24.8 Å². The zero-order chi connectivity index (χ0) is 16.9. The van der Waals surface area contributed by atoms with Crippen molar-refractivity contribution < 1.29 is 0 Å². The summed E-state index contributed by atoms with van der Waals surface area (Å²) in [5.41, 5.74) is 1.46. The Bertz CT molecular complexity index is 510. The molecule has 1 aliphatic heterocycles. The lowest BCUT2D eigenvalue weighted by molar-refractivity contribution is 0.126. The lowest BCUT2D eigenvalue weighted by atomic mass is 9.76. The zero-order valence-electron chi connectivity index (χ0n) is 16.2. The molecule has 1 saturated carbocycles. The van der Waals surface area contributed by atoms with Crippen LogP contribution in [0.25, 0.3) is 0 Å². The summed E-state index contributed by atoms with van der Waals surface area (Å²) >= 11 is 6.31. The zero-order valence-corrected chi connectivity index (χ0v) is 18.6. The number of hydrogen-bond donors (Lipinski definition) is 0. The predicted molar refractivity (Wildman–Crippen MR) is 118 cm³/mol. The van der Waals surface area contributed by atoms with Crippen LogP contribution in [0.1, 0.15) is 56.4 Å². The molecule has 1 atom stereocenters. The van der Waals surface area contributed by atoms with Crippen LogP contribution in [0.15, 0.2) is 24.3 Å². The van der Waals surface area contributed by atoms with Gasteiger partial charge in [0.25, 0.3) is 0 Å². The molecule has 0 amide bonds. The maximum Gasteiger partial charge on any atom is 0.0408 e. The van der Waals surface area contributed by atoms with Crippen LogP contribution in [-0.2, 0) is 0 Å². The summed E-state index contributed by atoms with van der Waals surface area (Å²) in [5, 5.41) is 0.889. The smallest absolute Gasteiger partial charge is 0.0408 e. The fourth-order valence-electron chi connectivity index (χ4n) is 4.70. The normalized spacial score (nSPS) is 21.1. The third-order valence-electron chi connectivity index (χ3n) is 6.24. The Morgan fingerprint density at radius 2 is 1.69 bits per heavy atom. The van der Waals surface area contributed by atoms with E-state index in [9.17, 15) is 0 Å². The number of nitrogens with zero attached hydrogens (tertiary/aromatic N) is 2. The quantitative estimate of drug-likeness (QED) is 0.586. The summed E-state index contributed by atoms with van der Waals surface area (Å²) < 4.78 is 0. The molecule has 1 unspecified atom stereocenters. The van der Waals surface area contributed by atoms with Crippen molar-refractivity contribution in [1.29, 1.82) is 0 Å². The van der Waals surface area contributed by atoms with Gasteiger partial charge in [0.2, 0.25) is 0 Å². The molecule has 1 aromatic rings. The van der Waals surface area contributed by atoms with E-state index < -0.39 is 0 Å². The average Bonchev–Trinajstić information content (AvgIpc) is 2.61. The Balaban J connectivity index is 0.00000169. The van der Waals surface area contributed by atoms with Crippen molar-refractivity contribution in [3.05, 3.63) is 34.9 Å². The topological polar surface area (TPSA) is 6.48 Å². The van der Waals surface area contributed by atoms with E-state index in [2.05, 4.69) is 42.1 Å². The van der Waals surface area contributed by atoms with Crippen LogP contribution in [0, 0.1) is 5.92 Å². The SMILES string of the molecule is CN(C)C1CCN(CC(c2cccc(Cl)c2)C2CCCCC2)CC1.Cl.Cl. The minimum Gasteiger partial charge on any atom is -0.306 e. The molecule has 5 heteroatoms. The standard InChI is InChI=1S/C21H33ClN2.2ClH/c1-23(2)20-11-13-24(14-12-20)16-21(17-7-4-3-5-8-17)18-9-6-10-19(22)15-18;;/h6,9-10,15,17,20-21H,3-5,7-8,11-14,16H2,1-2H3;2*1H. The van der Waals surface area contributed by atoms with Gasteiger partial charge in [-0.05, 0) is 82.4 Å². The molecule has 2 fully saturated rings. The average molecular weight is 422 g/mol. The van der Waals surface area contributed by atoms with Gasteiger partial charge < -0.3 is 9.80 Å². The van der Waals surface area contributed by atoms with Gasteiger partial charge in [0.1, 0.15) is 0 Å². The Labute approximate surface area is 177 Å². The molecule has 2 aliphatic rings. The molecule has 2 nitrogen and oxygen atoms in total. The molecule has 150 valence electrons. The Kier molecular flexibility index (Phi) is 10.9. The minimum atomic E-state index is 0. The molecule has 0 radical (unpaired) electrons. The van der Waals surface area contributed by atoms with Crippen LogP contribution in [0.3, 0.4) is 0 Å². The molecule has 0 bridgehead atoms. The van der Waals surface area contributed by atoms with Crippen LogP contribution in [-0.4, -0.2) is 49.6 Å². The Hall–Kier alpha value is 0.01000. The van der Waals surface area contributed by atoms with Crippen molar-refractivity contribution >= 4 is 36.4 Å². The van der Waals surface area contributed by atoms with Crippen LogP contribution in [0.2, 0.25) is 5.02 Å². The van der Waals surface area contributed by atoms with Crippen molar-refractivity contribution in [1.82, 2.24) is 9.80 Å². The molecule has 1 saturated heterocycles. The number of benzene rings is 1. The fraction of sp³-hybridized carbons (Fsp3) is 0.714. The summed E-state index contributed by atoms with van der Waals surface area (Å²) in [7, 11) is 4.44. The van der Waals surface area contributed by atoms with Crippen LogP contribution in [0.5, 0.6) is 0 Å². The number of likely N-dealkylation sites (tertiary alicyclic amines) is 1. The number of rotatable bonds is 5. The van der Waals surface area contributed by atoms with Gasteiger partial charge in [-0.1, -0.05) is 43.0 Å². The van der Waals surface area contributed by atoms with Crippen molar-refractivity contribution in [3.8, 4) is 0 Å². The molecular formula is C21H35Cl3N2. The van der Waals surface area contributed by atoms with E-state index in [0.29, 0.717) is 5.92 Å². The van der Waals surface area contributed by atoms with Crippen LogP contribution in [0.4, 0.5) is 0 Å². The maximum absolute atomic E-state index is 6.31. The Morgan fingerprint density at radius 3 is 2.27 bits per heavy atom. The van der Waals surface area contributed by atoms with Crippen molar-refractivity contribution in [2.24, 2.45) is 5.92 Å². The maximum atomic E-state index is 6.31. The van der Waals surface area contributed by atoms with Crippen LogP contribution < -0.4 is 0 Å². The molecule has 3 rings (SSSR count). The molecule has 0 N–H and O–H groups in total. The van der Waals surface area contributed by atoms with Crippen LogP contribution >= 0.6 is 36.4 Å². The third-order valence-corrected chi connectivity index (χ3v) is 6.47. The number of halogens is 3. The fourth-order valence-corrected chi connectivity index (χ4v) is 4.90. The van der Waals surface area contributed by atoms with Crippen molar-refractivity contribution in [3.63, 3.8) is 0 Å². The van der Waals surface area contributed by atoms with Gasteiger partial charge in [0.05, 0.1) is 0 Å².